The number of carbonyl (C=O) groups excluding carboxylic acids is 1. The number of benzene rings is 1. The predicted molar refractivity (Wildman–Crippen MR) is 108 cm³/mol. The molecule has 1 amide bonds. The number of nitrogens with one attached hydrogen (secondary N) is 2. The Morgan fingerprint density at radius 1 is 1.35 bits per heavy atom. The van der Waals surface area contributed by atoms with Crippen LogP contribution in [-0.2, 0) is 11.3 Å². The van der Waals surface area contributed by atoms with Crippen LogP contribution in [0.2, 0.25) is 0 Å². The van der Waals surface area contributed by atoms with Gasteiger partial charge >= 0.3 is 0 Å². The first-order valence-electron chi connectivity index (χ1n) is 7.45. The van der Waals surface area contributed by atoms with E-state index in [2.05, 4.69) is 38.5 Å². The van der Waals surface area contributed by atoms with Crippen LogP contribution >= 0.6 is 39.9 Å². The highest BCUT2D eigenvalue weighted by molar-refractivity contribution is 14.0. The van der Waals surface area contributed by atoms with Crippen molar-refractivity contribution >= 4 is 51.8 Å². The van der Waals surface area contributed by atoms with Gasteiger partial charge < -0.3 is 15.5 Å². The number of halogens is 2. The molecule has 1 aromatic carbocycles. The van der Waals surface area contributed by atoms with Crippen LogP contribution in [0.15, 0.2) is 33.7 Å². The Morgan fingerprint density at radius 2 is 1.96 bits per heavy atom. The summed E-state index contributed by atoms with van der Waals surface area (Å²) in [7, 11) is 3.50. The molecule has 0 aromatic heterocycles. The molecule has 0 radical (unpaired) electrons. The molecule has 1 aliphatic rings. The Morgan fingerprint density at radius 3 is 2.48 bits per heavy atom. The average Bonchev–Trinajstić information content (AvgIpc) is 3.18. The number of likely N-dealkylation sites (N-methyl/N-ethyl adjacent to an activating group) is 1. The van der Waals surface area contributed by atoms with Gasteiger partial charge in [0.1, 0.15) is 0 Å². The van der Waals surface area contributed by atoms with Crippen LogP contribution in [0.3, 0.4) is 0 Å². The van der Waals surface area contributed by atoms with Crippen molar-refractivity contribution in [2.75, 3.05) is 20.6 Å². The summed E-state index contributed by atoms with van der Waals surface area (Å²) in [5.41, 5.74) is 1.13. The molecule has 1 saturated carbocycles. The second-order valence-corrected chi connectivity index (χ2v) is 6.81. The molecule has 0 heterocycles. The van der Waals surface area contributed by atoms with Gasteiger partial charge in [0, 0.05) is 24.6 Å². The molecular weight excluding hydrogens is 471 g/mol. The third-order valence-corrected chi connectivity index (χ3v) is 4.20. The molecule has 0 bridgehead atoms. The first-order chi connectivity index (χ1) is 10.5. The Hall–Kier alpha value is -0.830. The van der Waals surface area contributed by atoms with Gasteiger partial charge in [0.2, 0.25) is 5.91 Å². The highest BCUT2D eigenvalue weighted by Crippen LogP contribution is 2.28. The van der Waals surface area contributed by atoms with E-state index in [4.69, 9.17) is 0 Å². The number of rotatable bonds is 5. The second kappa shape index (κ2) is 9.46. The van der Waals surface area contributed by atoms with Gasteiger partial charge in [-0.15, -0.1) is 24.0 Å². The summed E-state index contributed by atoms with van der Waals surface area (Å²) in [4.78, 5) is 17.8. The molecule has 0 spiro atoms. The minimum Gasteiger partial charge on any atom is -0.353 e. The Bertz CT molecular complexity index is 548. The quantitative estimate of drug-likeness (QED) is 0.376. The molecule has 7 heteroatoms. The van der Waals surface area contributed by atoms with Crippen LogP contribution < -0.4 is 10.6 Å². The van der Waals surface area contributed by atoms with Crippen molar-refractivity contribution < 1.29 is 4.79 Å². The zero-order valence-electron chi connectivity index (χ0n) is 13.7. The highest BCUT2D eigenvalue weighted by atomic mass is 127. The molecule has 23 heavy (non-hydrogen) atoms. The summed E-state index contributed by atoms with van der Waals surface area (Å²) in [6, 6.07) is 8.55. The molecule has 5 nitrogen and oxygen atoms in total. The Labute approximate surface area is 163 Å². The lowest BCUT2D eigenvalue weighted by Crippen LogP contribution is -2.44. The molecule has 0 saturated heterocycles. The maximum Gasteiger partial charge on any atom is 0.241 e. The molecule has 128 valence electrons. The van der Waals surface area contributed by atoms with Gasteiger partial charge in [0.05, 0.1) is 13.1 Å². The van der Waals surface area contributed by atoms with Gasteiger partial charge in [0.25, 0.3) is 0 Å². The summed E-state index contributed by atoms with van der Waals surface area (Å²) in [6.07, 6.45) is 1.15. The van der Waals surface area contributed by atoms with E-state index in [0.29, 0.717) is 24.5 Å². The summed E-state index contributed by atoms with van der Waals surface area (Å²) in [5.74, 6) is 1.40. The van der Waals surface area contributed by atoms with Gasteiger partial charge in [-0.25, -0.2) is 4.99 Å². The number of nitrogens with zero attached hydrogens (tertiary/aromatic N) is 2. The fourth-order valence-corrected chi connectivity index (χ4v) is 2.19. The number of carbonyl (C=O) groups is 1. The SMILES string of the molecule is CC1CC1NC(=NCc1ccc(Br)cc1)NCC(=O)N(C)C.I. The molecular formula is C16H24BrIN4O. The van der Waals surface area contributed by atoms with E-state index in [1.807, 2.05) is 24.3 Å². The van der Waals surface area contributed by atoms with Crippen LogP contribution in [0.25, 0.3) is 0 Å². The van der Waals surface area contributed by atoms with Gasteiger partial charge in [-0.3, -0.25) is 4.79 Å². The third kappa shape index (κ3) is 7.07. The van der Waals surface area contributed by atoms with E-state index in [0.717, 1.165) is 16.5 Å². The minimum atomic E-state index is 0. The van der Waals surface area contributed by atoms with E-state index >= 15 is 0 Å². The van der Waals surface area contributed by atoms with Crippen LogP contribution in [0, 0.1) is 5.92 Å². The molecule has 2 unspecified atom stereocenters. The third-order valence-electron chi connectivity index (χ3n) is 3.67. The molecule has 2 N–H and O–H groups in total. The van der Waals surface area contributed by atoms with Gasteiger partial charge in [-0.2, -0.15) is 0 Å². The van der Waals surface area contributed by atoms with Crippen molar-refractivity contribution in [3.8, 4) is 0 Å². The molecule has 2 rings (SSSR count). The van der Waals surface area contributed by atoms with Crippen molar-refractivity contribution in [2.24, 2.45) is 10.9 Å². The summed E-state index contributed by atoms with van der Waals surface area (Å²) >= 11 is 3.42. The maximum atomic E-state index is 11.7. The maximum absolute atomic E-state index is 11.7. The van der Waals surface area contributed by atoms with Gasteiger partial charge in [0.15, 0.2) is 5.96 Å². The Kier molecular flexibility index (Phi) is 8.32. The van der Waals surface area contributed by atoms with Gasteiger partial charge in [-0.05, 0) is 30.0 Å². The predicted octanol–water partition coefficient (Wildman–Crippen LogP) is 2.60. The number of aliphatic imine (C=N–C) groups is 1. The lowest BCUT2D eigenvalue weighted by Gasteiger charge is -2.15. The number of guanidine groups is 1. The standard InChI is InChI=1S/C16H23BrN4O.HI/c1-11-8-14(11)20-16(19-10-15(22)21(2)3)18-9-12-4-6-13(17)7-5-12;/h4-7,11,14H,8-10H2,1-3H3,(H2,18,19,20);1H. The molecule has 1 fully saturated rings. The van der Waals surface area contributed by atoms with Crippen LogP contribution in [-0.4, -0.2) is 43.4 Å². The van der Waals surface area contributed by atoms with E-state index in [-0.39, 0.29) is 36.4 Å². The molecule has 1 aromatic rings. The molecule has 0 aliphatic heterocycles. The van der Waals surface area contributed by atoms with Crippen molar-refractivity contribution in [3.05, 3.63) is 34.3 Å². The number of amides is 1. The van der Waals surface area contributed by atoms with Crippen LogP contribution in [0.1, 0.15) is 18.9 Å². The first kappa shape index (κ1) is 20.2. The minimum absolute atomic E-state index is 0. The molecule has 1 aliphatic carbocycles. The fraction of sp³-hybridized carbons (Fsp3) is 0.500. The van der Waals surface area contributed by atoms with Crippen molar-refractivity contribution in [1.82, 2.24) is 15.5 Å². The lowest BCUT2D eigenvalue weighted by atomic mass is 10.2. The van der Waals surface area contributed by atoms with E-state index in [1.165, 1.54) is 0 Å². The monoisotopic (exact) mass is 494 g/mol. The number of hydrogen-bond acceptors (Lipinski definition) is 2. The zero-order chi connectivity index (χ0) is 16.1. The van der Waals surface area contributed by atoms with Gasteiger partial charge in [-0.1, -0.05) is 35.0 Å². The Balaban J connectivity index is 0.00000264. The van der Waals surface area contributed by atoms with Crippen molar-refractivity contribution in [2.45, 2.75) is 25.9 Å². The smallest absolute Gasteiger partial charge is 0.241 e. The van der Waals surface area contributed by atoms with E-state index in [9.17, 15) is 4.79 Å². The summed E-state index contributed by atoms with van der Waals surface area (Å²) in [5, 5.41) is 6.49. The topological polar surface area (TPSA) is 56.7 Å². The van der Waals surface area contributed by atoms with E-state index in [1.54, 1.807) is 19.0 Å². The average molecular weight is 495 g/mol. The normalized spacial score (nSPS) is 19.6. The number of hydrogen-bond donors (Lipinski definition) is 2. The van der Waals surface area contributed by atoms with Crippen molar-refractivity contribution in [3.63, 3.8) is 0 Å². The molecule has 2 atom stereocenters. The largest absolute Gasteiger partial charge is 0.353 e. The highest BCUT2D eigenvalue weighted by Gasteiger charge is 2.33. The lowest BCUT2D eigenvalue weighted by molar-refractivity contribution is -0.127. The van der Waals surface area contributed by atoms with E-state index < -0.39 is 0 Å². The van der Waals surface area contributed by atoms with Crippen LogP contribution in [0.5, 0.6) is 0 Å². The summed E-state index contributed by atoms with van der Waals surface area (Å²) < 4.78 is 1.06. The second-order valence-electron chi connectivity index (χ2n) is 5.90. The van der Waals surface area contributed by atoms with Crippen LogP contribution in [0.4, 0.5) is 0 Å². The fourth-order valence-electron chi connectivity index (χ4n) is 1.93. The summed E-state index contributed by atoms with van der Waals surface area (Å²) in [6.45, 7) is 3.04. The zero-order valence-corrected chi connectivity index (χ0v) is 17.6. The first-order valence-corrected chi connectivity index (χ1v) is 8.24. The van der Waals surface area contributed by atoms with Crippen molar-refractivity contribution in [1.29, 1.82) is 0 Å².